The Morgan fingerprint density at radius 2 is 1.72 bits per heavy atom. The van der Waals surface area contributed by atoms with E-state index in [1.54, 1.807) is 14.2 Å². The Labute approximate surface area is 232 Å². The van der Waals surface area contributed by atoms with Gasteiger partial charge in [0.25, 0.3) is 5.91 Å². The van der Waals surface area contributed by atoms with Crippen LogP contribution in [0.15, 0.2) is 24.3 Å². The SMILES string of the molecule is CCN(CC)CC[C@@H](CC(=O)NC1CCC1)NC(=O)c1cc(-c2c(OC)cccc2OC)n(C2CCCC2)n1. The number of hydrogen-bond acceptors (Lipinski definition) is 6. The Hall–Kier alpha value is -3.07. The average molecular weight is 540 g/mol. The first kappa shape index (κ1) is 28.9. The van der Waals surface area contributed by atoms with Gasteiger partial charge in [0.05, 0.1) is 31.5 Å². The molecule has 2 N–H and O–H groups in total. The van der Waals surface area contributed by atoms with Gasteiger partial charge in [-0.25, -0.2) is 0 Å². The van der Waals surface area contributed by atoms with E-state index in [0.29, 0.717) is 23.6 Å². The molecule has 2 aliphatic carbocycles. The third-order valence-electron chi connectivity index (χ3n) is 8.25. The highest BCUT2D eigenvalue weighted by molar-refractivity contribution is 5.94. The smallest absolute Gasteiger partial charge is 0.272 e. The summed E-state index contributed by atoms with van der Waals surface area (Å²) in [5, 5.41) is 11.1. The van der Waals surface area contributed by atoms with Gasteiger partial charge in [-0.15, -0.1) is 0 Å². The number of hydrogen-bond donors (Lipinski definition) is 2. The van der Waals surface area contributed by atoms with Crippen LogP contribution in [0.4, 0.5) is 0 Å². The molecule has 2 saturated carbocycles. The molecule has 214 valence electrons. The molecule has 2 amide bonds. The molecule has 1 heterocycles. The Morgan fingerprint density at radius 3 is 2.28 bits per heavy atom. The molecule has 4 rings (SSSR count). The quantitative estimate of drug-likeness (QED) is 0.365. The minimum absolute atomic E-state index is 0.000444. The van der Waals surface area contributed by atoms with E-state index in [-0.39, 0.29) is 36.4 Å². The third-order valence-corrected chi connectivity index (χ3v) is 8.25. The van der Waals surface area contributed by atoms with Gasteiger partial charge in [-0.05, 0) is 69.8 Å². The minimum atomic E-state index is -0.279. The number of ether oxygens (including phenoxy) is 2. The summed E-state index contributed by atoms with van der Waals surface area (Å²) in [5.74, 6) is 1.08. The van der Waals surface area contributed by atoms with Gasteiger partial charge in [0.15, 0.2) is 5.69 Å². The van der Waals surface area contributed by atoms with Crippen molar-refractivity contribution in [1.82, 2.24) is 25.3 Å². The summed E-state index contributed by atoms with van der Waals surface area (Å²) >= 11 is 0. The maximum absolute atomic E-state index is 13.6. The van der Waals surface area contributed by atoms with Gasteiger partial charge in [-0.3, -0.25) is 14.3 Å². The second-order valence-electron chi connectivity index (χ2n) is 10.7. The number of rotatable bonds is 14. The van der Waals surface area contributed by atoms with Crippen molar-refractivity contribution in [2.45, 2.75) is 89.8 Å². The number of nitrogens with one attached hydrogen (secondary N) is 2. The number of benzene rings is 1. The van der Waals surface area contributed by atoms with Crippen LogP contribution in [0.3, 0.4) is 0 Å². The number of carbonyl (C=O) groups excluding carboxylic acids is 2. The Kier molecular flexibility index (Phi) is 10.3. The van der Waals surface area contributed by atoms with Crippen LogP contribution >= 0.6 is 0 Å². The standard InChI is InChI=1S/C30H45N5O4/c1-5-34(6-2)18-17-22(19-28(36)31-21-11-9-12-21)32-30(37)24-20-25(35(33-24)23-13-7-8-14-23)29-26(38-3)15-10-16-27(29)39-4/h10,15-16,20-23H,5-9,11-14,17-19H2,1-4H3,(H,31,36)(H,32,37)/t22-/m0/s1. The maximum atomic E-state index is 13.6. The second kappa shape index (κ2) is 13.8. The lowest BCUT2D eigenvalue weighted by atomic mass is 9.93. The van der Waals surface area contributed by atoms with Gasteiger partial charge in [0.2, 0.25) is 5.91 Å². The number of amides is 2. The molecular formula is C30H45N5O4. The highest BCUT2D eigenvalue weighted by Gasteiger charge is 2.28. The number of aromatic nitrogens is 2. The zero-order chi connectivity index (χ0) is 27.8. The van der Waals surface area contributed by atoms with Crippen LogP contribution in [-0.2, 0) is 4.79 Å². The third kappa shape index (κ3) is 7.12. The Balaban J connectivity index is 1.59. The van der Waals surface area contributed by atoms with Crippen LogP contribution in [0.1, 0.15) is 88.2 Å². The topological polar surface area (TPSA) is 97.7 Å². The fourth-order valence-corrected chi connectivity index (χ4v) is 5.65. The summed E-state index contributed by atoms with van der Waals surface area (Å²) in [6.45, 7) is 6.94. The lowest BCUT2D eigenvalue weighted by Gasteiger charge is -2.28. The van der Waals surface area contributed by atoms with Gasteiger partial charge in [0, 0.05) is 25.0 Å². The summed E-state index contributed by atoms with van der Waals surface area (Å²) in [6, 6.07) is 7.73. The van der Waals surface area contributed by atoms with Gasteiger partial charge in [0.1, 0.15) is 11.5 Å². The lowest BCUT2D eigenvalue weighted by Crippen LogP contribution is -2.45. The normalized spacial score (nSPS) is 16.6. The van der Waals surface area contributed by atoms with Crippen LogP contribution < -0.4 is 20.1 Å². The zero-order valence-electron chi connectivity index (χ0n) is 24.0. The van der Waals surface area contributed by atoms with E-state index >= 15 is 0 Å². The summed E-state index contributed by atoms with van der Waals surface area (Å²) in [6.07, 6.45) is 8.50. The van der Waals surface area contributed by atoms with Crippen LogP contribution in [0.5, 0.6) is 11.5 Å². The van der Waals surface area contributed by atoms with Crippen LogP contribution in [-0.4, -0.2) is 72.4 Å². The molecule has 39 heavy (non-hydrogen) atoms. The predicted molar refractivity (Wildman–Crippen MR) is 152 cm³/mol. The highest BCUT2D eigenvalue weighted by atomic mass is 16.5. The first-order valence-corrected chi connectivity index (χ1v) is 14.6. The number of nitrogens with zero attached hydrogens (tertiary/aromatic N) is 3. The van der Waals surface area contributed by atoms with E-state index in [0.717, 1.165) is 75.8 Å². The van der Waals surface area contributed by atoms with Crippen molar-refractivity contribution in [1.29, 1.82) is 0 Å². The van der Waals surface area contributed by atoms with E-state index < -0.39 is 0 Å². The molecule has 0 saturated heterocycles. The molecular weight excluding hydrogens is 494 g/mol. The summed E-state index contributed by atoms with van der Waals surface area (Å²) in [4.78, 5) is 28.7. The van der Waals surface area contributed by atoms with Gasteiger partial charge >= 0.3 is 0 Å². The van der Waals surface area contributed by atoms with Crippen molar-refractivity contribution in [3.63, 3.8) is 0 Å². The molecule has 2 aromatic rings. The second-order valence-corrected chi connectivity index (χ2v) is 10.7. The zero-order valence-corrected chi connectivity index (χ0v) is 24.0. The largest absolute Gasteiger partial charge is 0.496 e. The van der Waals surface area contributed by atoms with E-state index in [4.69, 9.17) is 14.6 Å². The van der Waals surface area contributed by atoms with E-state index in [1.165, 1.54) is 0 Å². The Morgan fingerprint density at radius 1 is 1.05 bits per heavy atom. The maximum Gasteiger partial charge on any atom is 0.272 e. The summed E-state index contributed by atoms with van der Waals surface area (Å²) < 4.78 is 13.4. The first-order valence-electron chi connectivity index (χ1n) is 14.6. The minimum Gasteiger partial charge on any atom is -0.496 e. The van der Waals surface area contributed by atoms with E-state index in [9.17, 15) is 9.59 Å². The molecule has 2 aliphatic rings. The van der Waals surface area contributed by atoms with Crippen molar-refractivity contribution < 1.29 is 19.1 Å². The molecule has 9 nitrogen and oxygen atoms in total. The van der Waals surface area contributed by atoms with Crippen molar-refractivity contribution in [2.75, 3.05) is 33.9 Å². The molecule has 1 aromatic carbocycles. The highest BCUT2D eigenvalue weighted by Crippen LogP contribution is 2.41. The summed E-state index contributed by atoms with van der Waals surface area (Å²) in [7, 11) is 3.27. The van der Waals surface area contributed by atoms with Crippen LogP contribution in [0.25, 0.3) is 11.3 Å². The van der Waals surface area contributed by atoms with Gasteiger partial charge in [-0.2, -0.15) is 5.10 Å². The lowest BCUT2D eigenvalue weighted by molar-refractivity contribution is -0.122. The number of methoxy groups -OCH3 is 2. The molecule has 0 aliphatic heterocycles. The predicted octanol–water partition coefficient (Wildman–Crippen LogP) is 4.57. The Bertz CT molecular complexity index is 1080. The van der Waals surface area contributed by atoms with E-state index in [2.05, 4.69) is 29.4 Å². The van der Waals surface area contributed by atoms with Crippen molar-refractivity contribution >= 4 is 11.8 Å². The molecule has 0 bridgehead atoms. The fourth-order valence-electron chi connectivity index (χ4n) is 5.65. The van der Waals surface area contributed by atoms with Crippen molar-refractivity contribution in [2.24, 2.45) is 0 Å². The molecule has 2 fully saturated rings. The molecule has 0 spiro atoms. The van der Waals surface area contributed by atoms with E-state index in [1.807, 2.05) is 28.9 Å². The number of carbonyl (C=O) groups is 2. The van der Waals surface area contributed by atoms with Crippen molar-refractivity contribution in [3.8, 4) is 22.8 Å². The van der Waals surface area contributed by atoms with Crippen molar-refractivity contribution in [3.05, 3.63) is 30.0 Å². The monoisotopic (exact) mass is 539 g/mol. The molecule has 0 radical (unpaired) electrons. The molecule has 1 atom stereocenters. The first-order chi connectivity index (χ1) is 19.0. The fraction of sp³-hybridized carbons (Fsp3) is 0.633. The van der Waals surface area contributed by atoms with Crippen LogP contribution in [0.2, 0.25) is 0 Å². The average Bonchev–Trinajstić information content (AvgIpc) is 3.61. The molecule has 1 aromatic heterocycles. The van der Waals surface area contributed by atoms with Crippen LogP contribution in [0, 0.1) is 0 Å². The van der Waals surface area contributed by atoms with Gasteiger partial charge < -0.3 is 25.0 Å². The van der Waals surface area contributed by atoms with Gasteiger partial charge in [-0.1, -0.05) is 32.8 Å². The molecule has 0 unspecified atom stereocenters. The molecule has 9 heteroatoms. The summed E-state index contributed by atoms with van der Waals surface area (Å²) in [5.41, 5.74) is 1.94.